The minimum Gasteiger partial charge on any atom is -0.497 e. The van der Waals surface area contributed by atoms with Crippen LogP contribution in [0.2, 0.25) is 0 Å². The number of benzene rings is 2. The number of nitrogens with zero attached hydrogens (tertiary/aromatic N) is 1. The van der Waals surface area contributed by atoms with Crippen molar-refractivity contribution in [2.75, 3.05) is 18.5 Å². The number of hydrogen-bond donors (Lipinski definition) is 0. The summed E-state index contributed by atoms with van der Waals surface area (Å²) in [5.74, 6) is 0.0760. The van der Waals surface area contributed by atoms with E-state index in [1.54, 1.807) is 38.1 Å². The molecule has 0 saturated carbocycles. The zero-order chi connectivity index (χ0) is 18.6. The highest BCUT2D eigenvalue weighted by Crippen LogP contribution is 2.25. The first-order valence-electron chi connectivity index (χ1n) is 7.69. The number of rotatable bonds is 6. The average molecular weight is 363 g/mol. The summed E-state index contributed by atoms with van der Waals surface area (Å²) in [5, 5.41) is 0. The van der Waals surface area contributed by atoms with Gasteiger partial charge in [0, 0.05) is 7.05 Å². The van der Waals surface area contributed by atoms with Gasteiger partial charge in [0.05, 0.1) is 29.4 Å². The molecule has 0 bridgehead atoms. The van der Waals surface area contributed by atoms with E-state index in [9.17, 15) is 13.2 Å². The van der Waals surface area contributed by atoms with E-state index >= 15 is 0 Å². The highest BCUT2D eigenvalue weighted by Gasteiger charge is 2.23. The first kappa shape index (κ1) is 18.8. The highest BCUT2D eigenvalue weighted by atomic mass is 32.2. The maximum Gasteiger partial charge on any atom is 0.338 e. The molecule has 6 nitrogen and oxygen atoms in total. The summed E-state index contributed by atoms with van der Waals surface area (Å²) in [7, 11) is -0.818. The zero-order valence-electron chi connectivity index (χ0n) is 14.6. The minimum atomic E-state index is -3.81. The van der Waals surface area contributed by atoms with Gasteiger partial charge in [-0.25, -0.2) is 13.2 Å². The molecule has 0 atom stereocenters. The third kappa shape index (κ3) is 4.30. The van der Waals surface area contributed by atoms with Crippen LogP contribution in [0.25, 0.3) is 0 Å². The molecule has 134 valence electrons. The number of carbonyl (C=O) groups excluding carboxylic acids is 1. The van der Waals surface area contributed by atoms with Crippen molar-refractivity contribution in [2.45, 2.75) is 24.8 Å². The molecule has 2 aromatic carbocycles. The summed E-state index contributed by atoms with van der Waals surface area (Å²) < 4.78 is 37.0. The number of anilines is 1. The second-order valence-electron chi connectivity index (χ2n) is 5.65. The third-order valence-corrected chi connectivity index (χ3v) is 5.29. The largest absolute Gasteiger partial charge is 0.497 e. The molecule has 0 aromatic heterocycles. The predicted molar refractivity (Wildman–Crippen MR) is 95.6 cm³/mol. The highest BCUT2D eigenvalue weighted by molar-refractivity contribution is 7.92. The first-order valence-corrected chi connectivity index (χ1v) is 9.13. The van der Waals surface area contributed by atoms with Crippen LogP contribution in [-0.4, -0.2) is 34.6 Å². The van der Waals surface area contributed by atoms with E-state index in [1.165, 1.54) is 38.4 Å². The Morgan fingerprint density at radius 3 is 2.28 bits per heavy atom. The summed E-state index contributed by atoms with van der Waals surface area (Å²) in [5.41, 5.74) is 0.675. The van der Waals surface area contributed by atoms with Crippen molar-refractivity contribution in [3.63, 3.8) is 0 Å². The number of ether oxygens (including phenoxy) is 2. The Kier molecular flexibility index (Phi) is 5.69. The van der Waals surface area contributed by atoms with Crippen LogP contribution in [0.4, 0.5) is 5.69 Å². The van der Waals surface area contributed by atoms with Crippen LogP contribution in [0.1, 0.15) is 24.2 Å². The van der Waals surface area contributed by atoms with Crippen molar-refractivity contribution in [2.24, 2.45) is 0 Å². The van der Waals surface area contributed by atoms with E-state index in [0.717, 1.165) is 4.31 Å². The minimum absolute atomic E-state index is 0.0176. The van der Waals surface area contributed by atoms with Crippen molar-refractivity contribution in [1.82, 2.24) is 0 Å². The van der Waals surface area contributed by atoms with Gasteiger partial charge < -0.3 is 9.47 Å². The molecule has 0 fully saturated rings. The van der Waals surface area contributed by atoms with Gasteiger partial charge in [-0.3, -0.25) is 4.31 Å². The summed E-state index contributed by atoms with van der Waals surface area (Å²) >= 11 is 0. The molecule has 25 heavy (non-hydrogen) atoms. The molecule has 2 rings (SSSR count). The topological polar surface area (TPSA) is 72.9 Å². The smallest absolute Gasteiger partial charge is 0.338 e. The van der Waals surface area contributed by atoms with E-state index < -0.39 is 16.0 Å². The lowest BCUT2D eigenvalue weighted by Crippen LogP contribution is -2.26. The number of sulfonamides is 1. The summed E-state index contributed by atoms with van der Waals surface area (Å²) in [4.78, 5) is 12.0. The molecule has 7 heteroatoms. The van der Waals surface area contributed by atoms with Gasteiger partial charge >= 0.3 is 5.97 Å². The summed E-state index contributed by atoms with van der Waals surface area (Å²) in [6.07, 6.45) is -0.283. The second kappa shape index (κ2) is 7.57. The van der Waals surface area contributed by atoms with Crippen LogP contribution in [0.5, 0.6) is 5.75 Å². The maximum absolute atomic E-state index is 12.8. The van der Waals surface area contributed by atoms with Gasteiger partial charge in [-0.2, -0.15) is 0 Å². The Morgan fingerprint density at radius 1 is 1.08 bits per heavy atom. The van der Waals surface area contributed by atoms with Crippen LogP contribution < -0.4 is 9.04 Å². The van der Waals surface area contributed by atoms with E-state index in [2.05, 4.69) is 0 Å². The van der Waals surface area contributed by atoms with Gasteiger partial charge in [0.1, 0.15) is 5.75 Å². The molecule has 0 heterocycles. The fraction of sp³-hybridized carbons (Fsp3) is 0.278. The fourth-order valence-corrected chi connectivity index (χ4v) is 3.40. The van der Waals surface area contributed by atoms with Gasteiger partial charge in [0.2, 0.25) is 0 Å². The van der Waals surface area contributed by atoms with Crippen molar-refractivity contribution < 1.29 is 22.7 Å². The molecule has 0 spiro atoms. The molecule has 0 radical (unpaired) electrons. The van der Waals surface area contributed by atoms with Gasteiger partial charge in [-0.05, 0) is 56.3 Å². The standard InChI is InChI=1S/C18H21NO5S/c1-13(2)24-18(20)14-6-5-7-17(12-14)25(21,22)19(3)15-8-10-16(23-4)11-9-15/h5-13H,1-4H3. The number of esters is 1. The van der Waals surface area contributed by atoms with Crippen molar-refractivity contribution in [3.8, 4) is 5.75 Å². The fourth-order valence-electron chi connectivity index (χ4n) is 2.15. The quantitative estimate of drug-likeness (QED) is 0.738. The molecule has 0 aliphatic heterocycles. The van der Waals surface area contributed by atoms with Crippen LogP contribution in [0.15, 0.2) is 53.4 Å². The lowest BCUT2D eigenvalue weighted by molar-refractivity contribution is 0.0377. The summed E-state index contributed by atoms with van der Waals surface area (Å²) in [6, 6.07) is 12.5. The van der Waals surface area contributed by atoms with Crippen LogP contribution in [0.3, 0.4) is 0 Å². The third-order valence-electron chi connectivity index (χ3n) is 3.51. The molecular weight excluding hydrogens is 342 g/mol. The van der Waals surface area contributed by atoms with E-state index in [4.69, 9.17) is 9.47 Å². The lowest BCUT2D eigenvalue weighted by Gasteiger charge is -2.20. The van der Waals surface area contributed by atoms with Gasteiger partial charge in [0.15, 0.2) is 0 Å². The summed E-state index contributed by atoms with van der Waals surface area (Å²) in [6.45, 7) is 3.46. The Labute approximate surface area is 148 Å². The average Bonchev–Trinajstić information content (AvgIpc) is 2.60. The molecule has 2 aromatic rings. The monoisotopic (exact) mass is 363 g/mol. The molecule has 0 unspecified atom stereocenters. The van der Waals surface area contributed by atoms with Crippen molar-refractivity contribution in [1.29, 1.82) is 0 Å². The molecule has 0 N–H and O–H groups in total. The second-order valence-corrected chi connectivity index (χ2v) is 7.62. The van der Waals surface area contributed by atoms with E-state index in [-0.39, 0.29) is 16.6 Å². The number of methoxy groups -OCH3 is 1. The Balaban J connectivity index is 2.33. The van der Waals surface area contributed by atoms with Crippen LogP contribution in [0, 0.1) is 0 Å². The number of hydrogen-bond acceptors (Lipinski definition) is 5. The molecule has 0 aliphatic rings. The lowest BCUT2D eigenvalue weighted by atomic mass is 10.2. The molecule has 0 amide bonds. The van der Waals surface area contributed by atoms with Gasteiger partial charge in [0.25, 0.3) is 10.0 Å². The molecular formula is C18H21NO5S. The van der Waals surface area contributed by atoms with Crippen molar-refractivity contribution in [3.05, 3.63) is 54.1 Å². The zero-order valence-corrected chi connectivity index (χ0v) is 15.4. The van der Waals surface area contributed by atoms with Crippen LogP contribution >= 0.6 is 0 Å². The van der Waals surface area contributed by atoms with Gasteiger partial charge in [-0.1, -0.05) is 6.07 Å². The first-order chi connectivity index (χ1) is 11.8. The Hall–Kier alpha value is -2.54. The van der Waals surface area contributed by atoms with E-state index in [0.29, 0.717) is 11.4 Å². The maximum atomic E-state index is 12.8. The number of carbonyl (C=O) groups is 1. The predicted octanol–water partition coefficient (Wildman–Crippen LogP) is 3.09. The van der Waals surface area contributed by atoms with Gasteiger partial charge in [-0.15, -0.1) is 0 Å². The van der Waals surface area contributed by atoms with Crippen LogP contribution in [-0.2, 0) is 14.8 Å². The molecule has 0 saturated heterocycles. The molecule has 0 aliphatic carbocycles. The Morgan fingerprint density at radius 2 is 1.72 bits per heavy atom. The van der Waals surface area contributed by atoms with E-state index in [1.807, 2.05) is 0 Å². The normalized spacial score (nSPS) is 11.2. The SMILES string of the molecule is COc1ccc(N(C)S(=O)(=O)c2cccc(C(=O)OC(C)C)c2)cc1. The Bertz CT molecular complexity index is 844. The van der Waals surface area contributed by atoms with Crippen molar-refractivity contribution >= 4 is 21.7 Å².